The minimum Gasteiger partial charge on any atom is -0.452 e. The number of para-hydroxylation sites is 1. The number of aromatic amines is 1. The van der Waals surface area contributed by atoms with E-state index in [4.69, 9.17) is 10.5 Å². The number of nitrogens with zero attached hydrogens (tertiary/aromatic N) is 4. The van der Waals surface area contributed by atoms with Crippen molar-refractivity contribution in [2.24, 2.45) is 0 Å². The molecule has 0 unspecified atom stereocenters. The first-order chi connectivity index (χ1) is 17.2. The Morgan fingerprint density at radius 2 is 1.81 bits per heavy atom. The monoisotopic (exact) mass is 496 g/mol. The highest BCUT2D eigenvalue weighted by Gasteiger charge is 2.26. The largest absolute Gasteiger partial charge is 0.452 e. The maximum absolute atomic E-state index is 13.2. The zero-order chi connectivity index (χ0) is 26.4. The second-order valence-electron chi connectivity index (χ2n) is 8.41. The standard InChI is InChI=1S/C25H32N6O5/c1-5-7-14-29(21-22(26)30(13-6-2)25(35)27-23(21)33)19(32)15-36-24(34)20-16(3)28-31(17(20)4)18-11-9-8-10-12-18/h8-12H,5-7,13-15,26H2,1-4H3,(H,27,33,35). The molecule has 0 fully saturated rings. The number of unbranched alkanes of at least 4 members (excludes halogenated alkanes) is 1. The van der Waals surface area contributed by atoms with E-state index in [2.05, 4.69) is 10.1 Å². The van der Waals surface area contributed by atoms with Crippen molar-refractivity contribution in [2.45, 2.75) is 53.5 Å². The second kappa shape index (κ2) is 11.5. The Bertz CT molecular complexity index is 1360. The van der Waals surface area contributed by atoms with Crippen molar-refractivity contribution in [3.05, 3.63) is 68.1 Å². The number of hydrogen-bond donors (Lipinski definition) is 2. The molecule has 0 radical (unpaired) electrons. The number of nitrogen functional groups attached to an aromatic ring is 1. The van der Waals surface area contributed by atoms with Crippen LogP contribution in [0.1, 0.15) is 54.9 Å². The van der Waals surface area contributed by atoms with Crippen molar-refractivity contribution in [2.75, 3.05) is 23.8 Å². The van der Waals surface area contributed by atoms with Crippen LogP contribution < -0.4 is 21.9 Å². The van der Waals surface area contributed by atoms with Crippen LogP contribution in [0.4, 0.5) is 11.5 Å². The molecule has 0 aliphatic carbocycles. The van der Waals surface area contributed by atoms with Gasteiger partial charge in [0.25, 0.3) is 11.5 Å². The number of aryl methyl sites for hydroxylation is 1. The van der Waals surface area contributed by atoms with Crippen molar-refractivity contribution in [1.82, 2.24) is 19.3 Å². The third-order valence-corrected chi connectivity index (χ3v) is 5.79. The van der Waals surface area contributed by atoms with E-state index in [-0.39, 0.29) is 30.2 Å². The number of anilines is 2. The molecule has 11 nitrogen and oxygen atoms in total. The van der Waals surface area contributed by atoms with Crippen LogP contribution in [0.15, 0.2) is 39.9 Å². The highest BCUT2D eigenvalue weighted by atomic mass is 16.5. The molecule has 0 spiro atoms. The van der Waals surface area contributed by atoms with Crippen LogP contribution in [-0.2, 0) is 16.1 Å². The predicted octanol–water partition coefficient (Wildman–Crippen LogP) is 2.32. The third-order valence-electron chi connectivity index (χ3n) is 5.79. The number of amides is 1. The Morgan fingerprint density at radius 3 is 2.44 bits per heavy atom. The van der Waals surface area contributed by atoms with Crippen molar-refractivity contribution < 1.29 is 14.3 Å². The summed E-state index contributed by atoms with van der Waals surface area (Å²) in [6.45, 7) is 7.08. The molecule has 1 aromatic carbocycles. The van der Waals surface area contributed by atoms with Gasteiger partial charge in [-0.25, -0.2) is 14.3 Å². The summed E-state index contributed by atoms with van der Waals surface area (Å²) >= 11 is 0. The van der Waals surface area contributed by atoms with Crippen molar-refractivity contribution in [3.8, 4) is 5.69 Å². The van der Waals surface area contributed by atoms with E-state index in [9.17, 15) is 19.2 Å². The number of benzene rings is 1. The Labute approximate surface area is 208 Å². The third kappa shape index (κ3) is 5.40. The first-order valence-corrected chi connectivity index (χ1v) is 11.9. The van der Waals surface area contributed by atoms with Crippen LogP contribution in [0.25, 0.3) is 5.69 Å². The van der Waals surface area contributed by atoms with E-state index in [0.29, 0.717) is 24.2 Å². The molecular weight excluding hydrogens is 464 g/mol. The molecule has 0 aliphatic heterocycles. The lowest BCUT2D eigenvalue weighted by atomic mass is 10.2. The van der Waals surface area contributed by atoms with Crippen molar-refractivity contribution >= 4 is 23.4 Å². The number of nitrogens with one attached hydrogen (secondary N) is 1. The number of carbonyl (C=O) groups excluding carboxylic acids is 2. The predicted molar refractivity (Wildman–Crippen MR) is 137 cm³/mol. The molecule has 0 aliphatic rings. The lowest BCUT2D eigenvalue weighted by Crippen LogP contribution is -2.43. The molecule has 36 heavy (non-hydrogen) atoms. The summed E-state index contributed by atoms with van der Waals surface area (Å²) in [7, 11) is 0. The molecule has 2 aromatic heterocycles. The summed E-state index contributed by atoms with van der Waals surface area (Å²) in [4.78, 5) is 54.4. The van der Waals surface area contributed by atoms with E-state index in [1.54, 1.807) is 18.5 Å². The zero-order valence-electron chi connectivity index (χ0n) is 21.0. The SMILES string of the molecule is CCCCN(C(=O)COC(=O)c1c(C)nn(-c2ccccc2)c1C)c1c(N)n(CCC)c(=O)[nH]c1=O. The average molecular weight is 497 g/mol. The van der Waals surface area contributed by atoms with Crippen molar-refractivity contribution in [3.63, 3.8) is 0 Å². The van der Waals surface area contributed by atoms with Gasteiger partial charge in [0.1, 0.15) is 11.4 Å². The highest BCUT2D eigenvalue weighted by molar-refractivity contribution is 5.99. The normalized spacial score (nSPS) is 10.9. The maximum atomic E-state index is 13.2. The molecular formula is C25H32N6O5. The molecule has 0 saturated heterocycles. The summed E-state index contributed by atoms with van der Waals surface area (Å²) in [6.07, 6.45) is 1.92. The Morgan fingerprint density at radius 1 is 1.11 bits per heavy atom. The minimum absolute atomic E-state index is 0.0998. The fourth-order valence-electron chi connectivity index (χ4n) is 4.00. The first kappa shape index (κ1) is 26.5. The second-order valence-corrected chi connectivity index (χ2v) is 8.41. The molecule has 0 bridgehead atoms. The van der Waals surface area contributed by atoms with Crippen LogP contribution in [0, 0.1) is 13.8 Å². The van der Waals surface area contributed by atoms with E-state index in [1.165, 1.54) is 9.47 Å². The highest BCUT2D eigenvalue weighted by Crippen LogP contribution is 2.20. The smallest absolute Gasteiger partial charge is 0.342 e. The van der Waals surface area contributed by atoms with Crippen LogP contribution in [0.2, 0.25) is 0 Å². The lowest BCUT2D eigenvalue weighted by Gasteiger charge is -2.24. The number of ether oxygens (including phenoxy) is 1. The molecule has 3 N–H and O–H groups in total. The molecule has 192 valence electrons. The van der Waals surface area contributed by atoms with Gasteiger partial charge in [0.05, 0.1) is 17.1 Å². The number of nitrogens with two attached hydrogens (primary N) is 1. The molecule has 0 saturated carbocycles. The van der Waals surface area contributed by atoms with Gasteiger partial charge in [-0.1, -0.05) is 38.5 Å². The zero-order valence-corrected chi connectivity index (χ0v) is 21.0. The summed E-state index contributed by atoms with van der Waals surface area (Å²) < 4.78 is 8.22. The van der Waals surface area contributed by atoms with Gasteiger partial charge in [-0.05, 0) is 38.8 Å². The Balaban J connectivity index is 1.86. The fraction of sp³-hybridized carbons (Fsp3) is 0.400. The molecule has 2 heterocycles. The van der Waals surface area contributed by atoms with Gasteiger partial charge >= 0.3 is 11.7 Å². The van der Waals surface area contributed by atoms with Crippen LogP contribution in [-0.4, -0.2) is 44.4 Å². The van der Waals surface area contributed by atoms with Gasteiger partial charge < -0.3 is 15.4 Å². The molecule has 0 atom stereocenters. The first-order valence-electron chi connectivity index (χ1n) is 11.9. The van der Waals surface area contributed by atoms with Crippen LogP contribution >= 0.6 is 0 Å². The summed E-state index contributed by atoms with van der Waals surface area (Å²) in [6, 6.07) is 9.34. The summed E-state index contributed by atoms with van der Waals surface area (Å²) in [5.74, 6) is -1.42. The molecule has 3 aromatic rings. The number of H-pyrrole nitrogens is 1. The van der Waals surface area contributed by atoms with Gasteiger partial charge in [-0.2, -0.15) is 5.10 Å². The average Bonchev–Trinajstić information content (AvgIpc) is 3.16. The minimum atomic E-state index is -0.767. The number of aromatic nitrogens is 4. The lowest BCUT2D eigenvalue weighted by molar-refractivity contribution is -0.121. The Hall–Kier alpha value is -4.15. The van der Waals surface area contributed by atoms with Gasteiger partial charge in [0, 0.05) is 13.1 Å². The van der Waals surface area contributed by atoms with E-state index in [0.717, 1.165) is 12.1 Å². The topological polar surface area (TPSA) is 145 Å². The van der Waals surface area contributed by atoms with Gasteiger partial charge in [-0.15, -0.1) is 0 Å². The Kier molecular flexibility index (Phi) is 8.46. The van der Waals surface area contributed by atoms with Gasteiger partial charge in [0.2, 0.25) is 0 Å². The van der Waals surface area contributed by atoms with Crippen molar-refractivity contribution in [1.29, 1.82) is 0 Å². The summed E-state index contributed by atoms with van der Waals surface area (Å²) in [5, 5.41) is 4.44. The van der Waals surface area contributed by atoms with Crippen LogP contribution in [0.3, 0.4) is 0 Å². The number of hydrogen-bond acceptors (Lipinski definition) is 7. The number of carbonyl (C=O) groups is 2. The molecule has 1 amide bonds. The fourth-order valence-corrected chi connectivity index (χ4v) is 4.00. The summed E-state index contributed by atoms with van der Waals surface area (Å²) in [5.41, 5.74) is 6.72. The van der Waals surface area contributed by atoms with Gasteiger partial charge in [-0.3, -0.25) is 19.1 Å². The molecule has 11 heteroatoms. The van der Waals surface area contributed by atoms with Gasteiger partial charge in [0.15, 0.2) is 12.3 Å². The van der Waals surface area contributed by atoms with E-state index in [1.807, 2.05) is 44.2 Å². The van der Waals surface area contributed by atoms with E-state index >= 15 is 0 Å². The molecule has 3 rings (SSSR count). The number of esters is 1. The van der Waals surface area contributed by atoms with Crippen LogP contribution in [0.5, 0.6) is 0 Å². The maximum Gasteiger partial charge on any atom is 0.342 e. The quantitative estimate of drug-likeness (QED) is 0.410. The number of rotatable bonds is 10. The van der Waals surface area contributed by atoms with E-state index < -0.39 is 29.7 Å².